The molecule has 1 aliphatic rings. The Labute approximate surface area is 171 Å². The van der Waals surface area contributed by atoms with E-state index in [1.807, 2.05) is 6.92 Å². The monoisotopic (exact) mass is 418 g/mol. The number of aromatic amines is 1. The minimum absolute atomic E-state index is 0.0729. The molecular weight excluding hydrogens is 399 g/mol. The summed E-state index contributed by atoms with van der Waals surface area (Å²) in [7, 11) is 1.34. The normalized spacial score (nSPS) is 16.3. The third-order valence-electron chi connectivity index (χ3n) is 5.00. The maximum atomic E-state index is 14.9. The molecule has 1 atom stereocenters. The average molecular weight is 419 g/mol. The Hall–Kier alpha value is -2.64. The minimum Gasteiger partial charge on any atom is -0.492 e. The zero-order chi connectivity index (χ0) is 20.5. The van der Waals surface area contributed by atoms with Gasteiger partial charge in [-0.05, 0) is 43.5 Å². The molecule has 0 spiro atoms. The molecule has 1 aromatic carbocycles. The van der Waals surface area contributed by atoms with Crippen LogP contribution in [0.2, 0.25) is 5.02 Å². The highest BCUT2D eigenvalue weighted by molar-refractivity contribution is 6.32. The van der Waals surface area contributed by atoms with Crippen molar-refractivity contribution in [2.45, 2.75) is 25.9 Å². The summed E-state index contributed by atoms with van der Waals surface area (Å²) in [5.74, 6) is -1.29. The van der Waals surface area contributed by atoms with E-state index in [-0.39, 0.29) is 40.4 Å². The first-order chi connectivity index (χ1) is 14.0. The van der Waals surface area contributed by atoms with Gasteiger partial charge >= 0.3 is 5.97 Å². The van der Waals surface area contributed by atoms with Gasteiger partial charge in [0, 0.05) is 23.8 Å². The van der Waals surface area contributed by atoms with Crippen molar-refractivity contribution in [3.8, 4) is 17.0 Å². The summed E-state index contributed by atoms with van der Waals surface area (Å²) in [5.41, 5.74) is 2.08. The van der Waals surface area contributed by atoms with Crippen LogP contribution in [0.4, 0.5) is 4.39 Å². The van der Waals surface area contributed by atoms with Crippen molar-refractivity contribution in [3.63, 3.8) is 0 Å². The van der Waals surface area contributed by atoms with Gasteiger partial charge in [0.2, 0.25) is 0 Å². The van der Waals surface area contributed by atoms with Crippen molar-refractivity contribution >= 4 is 28.5 Å². The first-order valence-corrected chi connectivity index (χ1v) is 9.67. The molecule has 0 bridgehead atoms. The number of benzene rings is 1. The van der Waals surface area contributed by atoms with Crippen LogP contribution in [0, 0.1) is 12.7 Å². The molecule has 0 aliphatic carbocycles. The fourth-order valence-corrected chi connectivity index (χ4v) is 3.76. The lowest BCUT2D eigenvalue weighted by atomic mass is 10.1. The van der Waals surface area contributed by atoms with E-state index in [9.17, 15) is 9.18 Å². The van der Waals surface area contributed by atoms with E-state index in [0.29, 0.717) is 17.5 Å². The largest absolute Gasteiger partial charge is 0.492 e. The topological polar surface area (TPSA) is 73.4 Å². The van der Waals surface area contributed by atoms with Crippen LogP contribution in [0.3, 0.4) is 0 Å². The number of hydrogen-bond acceptors (Lipinski definition) is 5. The highest BCUT2D eigenvalue weighted by Crippen LogP contribution is 2.36. The molecule has 1 N–H and O–H groups in total. The van der Waals surface area contributed by atoms with Crippen LogP contribution in [0.5, 0.6) is 5.75 Å². The summed E-state index contributed by atoms with van der Waals surface area (Å²) in [5, 5.41) is 0.800. The number of aromatic nitrogens is 2. The van der Waals surface area contributed by atoms with Crippen LogP contribution in [0.25, 0.3) is 22.2 Å². The van der Waals surface area contributed by atoms with Gasteiger partial charge in [-0.15, -0.1) is 0 Å². The molecule has 1 unspecified atom stereocenters. The van der Waals surface area contributed by atoms with Gasteiger partial charge in [0.25, 0.3) is 0 Å². The van der Waals surface area contributed by atoms with Crippen LogP contribution in [0.15, 0.2) is 24.4 Å². The van der Waals surface area contributed by atoms with E-state index in [2.05, 4.69) is 9.97 Å². The number of hydrogen-bond donors (Lipinski definition) is 1. The fraction of sp³-hybridized carbons (Fsp3) is 0.333. The molecule has 1 aliphatic heterocycles. The highest BCUT2D eigenvalue weighted by atomic mass is 35.5. The smallest absolute Gasteiger partial charge is 0.357 e. The lowest BCUT2D eigenvalue weighted by Gasteiger charge is -2.13. The highest BCUT2D eigenvalue weighted by Gasteiger charge is 2.23. The Balaban J connectivity index is 1.76. The molecule has 3 aromatic rings. The minimum atomic E-state index is -0.645. The van der Waals surface area contributed by atoms with Crippen LogP contribution >= 0.6 is 11.6 Å². The second-order valence-electron chi connectivity index (χ2n) is 6.93. The standard InChI is InChI=1S/C21H20ClFN2O4/c1-11-9-24-16-8-15(13-5-6-14(22)20(27-2)18(13)23)25-19(17(11)16)21(26)29-10-12-4-3-7-28-12/h5-6,8-9,12,24H,3-4,7,10H2,1-2H3. The quantitative estimate of drug-likeness (QED) is 0.609. The van der Waals surface area contributed by atoms with E-state index in [4.69, 9.17) is 25.8 Å². The van der Waals surface area contributed by atoms with E-state index < -0.39 is 11.8 Å². The number of aryl methyl sites for hydroxylation is 1. The molecular formula is C21H20ClFN2O4. The first kappa shape index (κ1) is 19.7. The molecule has 152 valence electrons. The molecule has 0 saturated carbocycles. The van der Waals surface area contributed by atoms with Gasteiger partial charge in [-0.3, -0.25) is 0 Å². The molecule has 2 aromatic heterocycles. The molecule has 1 fully saturated rings. The third-order valence-corrected chi connectivity index (χ3v) is 5.30. The molecule has 3 heterocycles. The number of nitrogens with one attached hydrogen (secondary N) is 1. The maximum absolute atomic E-state index is 14.9. The van der Waals surface area contributed by atoms with Gasteiger partial charge in [-0.25, -0.2) is 14.2 Å². The second-order valence-corrected chi connectivity index (χ2v) is 7.33. The Kier molecular flexibility index (Phi) is 5.43. The van der Waals surface area contributed by atoms with Crippen molar-refractivity contribution in [1.82, 2.24) is 9.97 Å². The van der Waals surface area contributed by atoms with Crippen molar-refractivity contribution < 1.29 is 23.4 Å². The van der Waals surface area contributed by atoms with E-state index >= 15 is 0 Å². The summed E-state index contributed by atoms with van der Waals surface area (Å²) < 4.78 is 30.9. The zero-order valence-electron chi connectivity index (χ0n) is 16.1. The SMILES string of the molecule is COc1c(Cl)ccc(-c2cc3[nH]cc(C)c3c(C(=O)OCC3CCCO3)n2)c1F. The molecule has 0 radical (unpaired) electrons. The Morgan fingerprint density at radius 2 is 2.28 bits per heavy atom. The van der Waals surface area contributed by atoms with Gasteiger partial charge < -0.3 is 19.2 Å². The number of rotatable bonds is 5. The summed E-state index contributed by atoms with van der Waals surface area (Å²) in [6.45, 7) is 2.70. The van der Waals surface area contributed by atoms with Crippen molar-refractivity contribution in [3.05, 3.63) is 46.5 Å². The Morgan fingerprint density at radius 3 is 3.00 bits per heavy atom. The third kappa shape index (κ3) is 3.68. The van der Waals surface area contributed by atoms with E-state index in [1.165, 1.54) is 19.2 Å². The van der Waals surface area contributed by atoms with Gasteiger partial charge in [0.1, 0.15) is 6.61 Å². The molecule has 29 heavy (non-hydrogen) atoms. The molecule has 0 amide bonds. The number of carbonyl (C=O) groups excluding carboxylic acids is 1. The number of ether oxygens (including phenoxy) is 3. The number of pyridine rings is 1. The number of fused-ring (bicyclic) bond motifs is 1. The lowest BCUT2D eigenvalue weighted by molar-refractivity contribution is 0.0158. The zero-order valence-corrected chi connectivity index (χ0v) is 16.8. The maximum Gasteiger partial charge on any atom is 0.357 e. The van der Waals surface area contributed by atoms with Crippen molar-refractivity contribution in [1.29, 1.82) is 0 Å². The molecule has 1 saturated heterocycles. The summed E-state index contributed by atoms with van der Waals surface area (Å²) in [6, 6.07) is 4.72. The number of methoxy groups -OCH3 is 1. The predicted octanol–water partition coefficient (Wildman–Crippen LogP) is 4.68. The van der Waals surface area contributed by atoms with Gasteiger partial charge in [0.15, 0.2) is 17.3 Å². The number of esters is 1. The number of nitrogens with zero attached hydrogens (tertiary/aromatic N) is 1. The molecule has 8 heteroatoms. The number of carbonyl (C=O) groups is 1. The van der Waals surface area contributed by atoms with Crippen molar-refractivity contribution in [2.75, 3.05) is 20.3 Å². The van der Waals surface area contributed by atoms with E-state index in [0.717, 1.165) is 18.4 Å². The Morgan fingerprint density at radius 1 is 1.45 bits per heavy atom. The van der Waals surface area contributed by atoms with Gasteiger partial charge in [0.05, 0.1) is 29.4 Å². The van der Waals surface area contributed by atoms with Gasteiger partial charge in [-0.2, -0.15) is 0 Å². The summed E-state index contributed by atoms with van der Waals surface area (Å²) >= 11 is 6.00. The summed E-state index contributed by atoms with van der Waals surface area (Å²) in [6.07, 6.45) is 3.48. The average Bonchev–Trinajstić information content (AvgIpc) is 3.36. The summed E-state index contributed by atoms with van der Waals surface area (Å²) in [4.78, 5) is 20.4. The Bertz CT molecular complexity index is 1080. The first-order valence-electron chi connectivity index (χ1n) is 9.29. The van der Waals surface area contributed by atoms with Crippen LogP contribution in [-0.4, -0.2) is 42.4 Å². The lowest BCUT2D eigenvalue weighted by Crippen LogP contribution is -2.19. The van der Waals surface area contributed by atoms with Crippen LogP contribution < -0.4 is 4.74 Å². The fourth-order valence-electron chi connectivity index (χ4n) is 3.53. The number of H-pyrrole nitrogens is 1. The predicted molar refractivity (Wildman–Crippen MR) is 107 cm³/mol. The molecule has 4 rings (SSSR count). The van der Waals surface area contributed by atoms with E-state index in [1.54, 1.807) is 12.3 Å². The second kappa shape index (κ2) is 8.00. The van der Waals surface area contributed by atoms with Crippen LogP contribution in [-0.2, 0) is 9.47 Å². The van der Waals surface area contributed by atoms with Crippen LogP contribution in [0.1, 0.15) is 28.9 Å². The number of halogens is 2. The van der Waals surface area contributed by atoms with Crippen molar-refractivity contribution in [2.24, 2.45) is 0 Å². The van der Waals surface area contributed by atoms with Gasteiger partial charge in [-0.1, -0.05) is 11.6 Å². The molecule has 6 nitrogen and oxygen atoms in total.